The first-order valence-corrected chi connectivity index (χ1v) is 26.0. The van der Waals surface area contributed by atoms with Gasteiger partial charge in [0.05, 0.1) is 33.4 Å². The normalized spacial score (nSPS) is 13.1. The minimum absolute atomic E-state index is 0.0659. The van der Waals surface area contributed by atoms with Crippen LogP contribution in [0.15, 0.2) is 237 Å². The maximum absolute atomic E-state index is 7.68. The second-order valence-corrected chi connectivity index (χ2v) is 22.1. The molecular weight excluding hydrogens is 885 g/mol. The molecule has 0 saturated carbocycles. The van der Waals surface area contributed by atoms with Gasteiger partial charge in [0.2, 0.25) is 0 Å². The number of aromatic nitrogens is 4. The standard InChI is InChI=1S/C64H48N4O2Si/c1-64(2,3)46-38-39-65-62(40-46)68-56-31-13-10-26-52(56)53-37-36-49(42-59(53)68)71(69-60-34-16-11-27-54(60)55-28-12-17-35-61(55)70-71)48-25-18-24-47(41-48)66-43-67(58-33-15-14-32-57(58)66)63-50(44-20-6-4-7-21-44)29-19-30-51(63)45-22-8-5-9-23-45/h4-42H,1-3H3. The van der Waals surface area contributed by atoms with Crippen LogP contribution in [0.3, 0.4) is 0 Å². The number of nitrogens with zero attached hydrogens (tertiary/aromatic N) is 4. The molecule has 9 aromatic carbocycles. The third-order valence-electron chi connectivity index (χ3n) is 13.9. The highest BCUT2D eigenvalue weighted by Gasteiger charge is 2.50. The summed E-state index contributed by atoms with van der Waals surface area (Å²) >= 11 is 0. The molecule has 0 atom stereocenters. The highest BCUT2D eigenvalue weighted by Crippen LogP contribution is 2.42. The Morgan fingerprint density at radius 1 is 0.479 bits per heavy atom. The smallest absolute Gasteiger partial charge is 0.505 e. The van der Waals surface area contributed by atoms with Gasteiger partial charge < -0.3 is 8.85 Å². The predicted molar refractivity (Wildman–Crippen MR) is 290 cm³/mol. The van der Waals surface area contributed by atoms with Crippen LogP contribution >= 0.6 is 0 Å². The first-order chi connectivity index (χ1) is 34.8. The summed E-state index contributed by atoms with van der Waals surface area (Å²) in [4.78, 5) is 5.03. The molecule has 3 aromatic heterocycles. The average molecular weight is 933 g/mol. The highest BCUT2D eigenvalue weighted by molar-refractivity contribution is 6.94. The van der Waals surface area contributed by atoms with Gasteiger partial charge in [-0.05, 0) is 81.8 Å². The first-order valence-electron chi connectivity index (χ1n) is 24.2. The second-order valence-electron chi connectivity index (χ2n) is 19.3. The fraction of sp³-hybridized carbons (Fsp3) is 0.0625. The van der Waals surface area contributed by atoms with Gasteiger partial charge in [0.15, 0.2) is 0 Å². The number of para-hydroxylation sites is 6. The molecule has 4 heterocycles. The Labute approximate surface area is 414 Å². The molecule has 0 spiro atoms. The number of rotatable bonds is 7. The van der Waals surface area contributed by atoms with E-state index in [4.69, 9.17) is 13.8 Å². The van der Waals surface area contributed by atoms with Crippen molar-refractivity contribution in [2.45, 2.75) is 26.2 Å². The van der Waals surface area contributed by atoms with E-state index in [1.165, 1.54) is 5.56 Å². The van der Waals surface area contributed by atoms with Gasteiger partial charge in [-0.1, -0.05) is 203 Å². The third-order valence-corrected chi connectivity index (χ3v) is 17.1. The maximum atomic E-state index is 7.68. The SMILES string of the molecule is CC(C)(C)c1ccnc(-n2c3ccccc3c3ccc([Si]4(c5cccc(-n6[c-][n+](-c7c(-c8ccccc8)cccc7-c7ccccc7)c7ccccc76)c5)Oc5ccccc5-c5ccccc5O4)cc32)c1. The molecule has 12 aromatic rings. The Kier molecular flexibility index (Phi) is 9.97. The molecule has 71 heavy (non-hydrogen) atoms. The molecule has 0 N–H and O–H groups in total. The van der Waals surface area contributed by atoms with Crippen LogP contribution in [0.4, 0.5) is 0 Å². The van der Waals surface area contributed by atoms with Crippen LogP contribution in [0.25, 0.3) is 83.4 Å². The number of imidazole rings is 1. The van der Waals surface area contributed by atoms with Crippen molar-refractivity contribution in [1.29, 1.82) is 0 Å². The second kappa shape index (κ2) is 16.7. The Balaban J connectivity index is 1.06. The summed E-state index contributed by atoms with van der Waals surface area (Å²) in [5, 5.41) is 4.19. The van der Waals surface area contributed by atoms with Gasteiger partial charge in [0, 0.05) is 38.5 Å². The molecule has 7 heteroatoms. The molecule has 0 bridgehead atoms. The summed E-state index contributed by atoms with van der Waals surface area (Å²) in [5.74, 6) is 2.41. The van der Waals surface area contributed by atoms with Crippen molar-refractivity contribution in [3.05, 3.63) is 249 Å². The first kappa shape index (κ1) is 42.3. The number of fused-ring (bicyclic) bond motifs is 7. The van der Waals surface area contributed by atoms with Gasteiger partial charge in [0.1, 0.15) is 17.3 Å². The van der Waals surface area contributed by atoms with Crippen molar-refractivity contribution in [2.75, 3.05) is 0 Å². The third kappa shape index (κ3) is 7.07. The van der Waals surface area contributed by atoms with Crippen LogP contribution in [-0.2, 0) is 5.41 Å². The Hall–Kier alpha value is -8.78. The van der Waals surface area contributed by atoms with E-state index < -0.39 is 8.56 Å². The van der Waals surface area contributed by atoms with Crippen molar-refractivity contribution in [2.24, 2.45) is 0 Å². The summed E-state index contributed by atoms with van der Waals surface area (Å²) in [5.41, 5.74) is 13.7. The van der Waals surface area contributed by atoms with E-state index in [2.05, 4.69) is 259 Å². The minimum atomic E-state index is -3.78. The molecule has 0 fully saturated rings. The number of benzene rings is 9. The lowest BCUT2D eigenvalue weighted by Gasteiger charge is -2.31. The lowest BCUT2D eigenvalue weighted by atomic mass is 9.88. The molecule has 0 radical (unpaired) electrons. The average Bonchev–Trinajstić information content (AvgIpc) is 3.92. The van der Waals surface area contributed by atoms with Crippen LogP contribution < -0.4 is 23.8 Å². The summed E-state index contributed by atoms with van der Waals surface area (Å²) in [6.45, 7) is 6.74. The lowest BCUT2D eigenvalue weighted by Crippen LogP contribution is -2.68. The van der Waals surface area contributed by atoms with Gasteiger partial charge in [-0.25, -0.2) is 4.98 Å². The predicted octanol–water partition coefficient (Wildman–Crippen LogP) is 13.5. The van der Waals surface area contributed by atoms with Crippen LogP contribution in [0.1, 0.15) is 26.3 Å². The van der Waals surface area contributed by atoms with E-state index in [1.54, 1.807) is 0 Å². The monoisotopic (exact) mass is 932 g/mol. The van der Waals surface area contributed by atoms with Crippen LogP contribution in [-0.4, -0.2) is 22.7 Å². The molecule has 340 valence electrons. The summed E-state index contributed by atoms with van der Waals surface area (Å²) < 4.78 is 22.1. The maximum Gasteiger partial charge on any atom is 0.530 e. The van der Waals surface area contributed by atoms with Crippen LogP contribution in [0.5, 0.6) is 11.5 Å². The quantitative estimate of drug-likeness (QED) is 0.0909. The topological polar surface area (TPSA) is 45.1 Å². The van der Waals surface area contributed by atoms with E-state index in [-0.39, 0.29) is 5.41 Å². The van der Waals surface area contributed by atoms with Crippen LogP contribution in [0.2, 0.25) is 0 Å². The van der Waals surface area contributed by atoms with E-state index in [0.717, 1.165) is 105 Å². The van der Waals surface area contributed by atoms with Gasteiger partial charge >= 0.3 is 8.56 Å². The van der Waals surface area contributed by atoms with E-state index in [9.17, 15) is 0 Å². The minimum Gasteiger partial charge on any atom is -0.505 e. The Morgan fingerprint density at radius 2 is 1.04 bits per heavy atom. The zero-order chi connectivity index (χ0) is 47.7. The molecule has 0 unspecified atom stereocenters. The fourth-order valence-electron chi connectivity index (χ4n) is 10.5. The molecular formula is C64H48N4O2Si. The zero-order valence-corrected chi connectivity index (χ0v) is 40.6. The number of pyridine rings is 1. The molecule has 1 aliphatic heterocycles. The Bertz CT molecular complexity index is 3900. The molecule has 13 rings (SSSR count). The number of hydrogen-bond donors (Lipinski definition) is 0. The molecule has 0 saturated heterocycles. The van der Waals surface area contributed by atoms with Crippen molar-refractivity contribution in [3.8, 4) is 62.1 Å². The molecule has 1 aliphatic rings. The van der Waals surface area contributed by atoms with Crippen molar-refractivity contribution in [1.82, 2.24) is 14.1 Å². The molecule has 0 aliphatic carbocycles. The molecule has 6 nitrogen and oxygen atoms in total. The number of hydrogen-bond acceptors (Lipinski definition) is 3. The molecule has 0 amide bonds. The summed E-state index contributed by atoms with van der Waals surface area (Å²) in [6.07, 6.45) is 5.84. The fourth-order valence-corrected chi connectivity index (χ4v) is 13.6. The van der Waals surface area contributed by atoms with Crippen molar-refractivity contribution in [3.63, 3.8) is 0 Å². The zero-order valence-electron chi connectivity index (χ0n) is 39.6. The summed E-state index contributed by atoms with van der Waals surface area (Å²) in [7, 11) is -3.78. The largest absolute Gasteiger partial charge is 0.530 e. The van der Waals surface area contributed by atoms with Crippen molar-refractivity contribution < 1.29 is 13.4 Å². The van der Waals surface area contributed by atoms with Gasteiger partial charge in [-0.3, -0.25) is 13.7 Å². The highest BCUT2D eigenvalue weighted by atomic mass is 28.4. The van der Waals surface area contributed by atoms with Crippen LogP contribution in [0, 0.1) is 6.33 Å². The lowest BCUT2D eigenvalue weighted by molar-refractivity contribution is -0.571. The van der Waals surface area contributed by atoms with E-state index >= 15 is 0 Å². The van der Waals surface area contributed by atoms with E-state index in [1.807, 2.05) is 18.3 Å². The van der Waals surface area contributed by atoms with Gasteiger partial charge in [0.25, 0.3) is 6.33 Å². The van der Waals surface area contributed by atoms with Gasteiger partial charge in [-0.2, -0.15) is 0 Å². The van der Waals surface area contributed by atoms with Crippen molar-refractivity contribution >= 4 is 51.8 Å². The van der Waals surface area contributed by atoms with E-state index in [0.29, 0.717) is 0 Å². The Morgan fingerprint density at radius 3 is 1.73 bits per heavy atom. The summed E-state index contributed by atoms with van der Waals surface area (Å²) in [6, 6.07) is 81.5. The van der Waals surface area contributed by atoms with Gasteiger partial charge in [-0.15, -0.1) is 0 Å².